The normalized spacial score (nSPS) is 19.1. The fraction of sp³-hybridized carbons (Fsp3) is 0.320. The highest BCUT2D eigenvalue weighted by atomic mass is 35.5. The molecule has 1 aliphatic heterocycles. The van der Waals surface area contributed by atoms with Gasteiger partial charge >= 0.3 is 0 Å². The Balaban J connectivity index is 1.57. The highest BCUT2D eigenvalue weighted by molar-refractivity contribution is 6.45. The summed E-state index contributed by atoms with van der Waals surface area (Å²) in [5.74, 6) is -1.66. The number of amides is 1. The second-order valence-electron chi connectivity index (χ2n) is 8.68. The molecule has 0 saturated carbocycles. The number of aromatic nitrogens is 1. The van der Waals surface area contributed by atoms with E-state index in [-0.39, 0.29) is 34.4 Å². The van der Waals surface area contributed by atoms with Crippen molar-refractivity contribution in [3.8, 4) is 0 Å². The monoisotopic (exact) mass is 469 g/mol. The van der Waals surface area contributed by atoms with E-state index >= 15 is 0 Å². The van der Waals surface area contributed by atoms with Gasteiger partial charge in [-0.3, -0.25) is 19.3 Å². The number of fused-ring (bicyclic) bond motifs is 1. The van der Waals surface area contributed by atoms with Crippen molar-refractivity contribution in [1.29, 1.82) is 0 Å². The minimum absolute atomic E-state index is 0.0783. The van der Waals surface area contributed by atoms with Crippen LogP contribution in [0.5, 0.6) is 0 Å². The van der Waals surface area contributed by atoms with Crippen molar-refractivity contribution in [2.24, 2.45) is 0 Å². The molecule has 4 rings (SSSR count). The molecule has 1 saturated heterocycles. The number of aromatic amines is 1. The number of hydrogen-bond donors (Lipinski definition) is 1. The van der Waals surface area contributed by atoms with Gasteiger partial charge in [0.15, 0.2) is 5.78 Å². The molecule has 2 aromatic carbocycles. The lowest BCUT2D eigenvalue weighted by Gasteiger charge is -2.44. The van der Waals surface area contributed by atoms with E-state index in [1.54, 1.807) is 29.2 Å². The van der Waals surface area contributed by atoms with E-state index in [9.17, 15) is 18.8 Å². The number of rotatable bonds is 5. The first kappa shape index (κ1) is 23.1. The summed E-state index contributed by atoms with van der Waals surface area (Å²) in [4.78, 5) is 44.3. The molecule has 1 aromatic heterocycles. The van der Waals surface area contributed by atoms with E-state index in [1.165, 1.54) is 25.3 Å². The van der Waals surface area contributed by atoms with Crippen molar-refractivity contribution >= 4 is 40.0 Å². The van der Waals surface area contributed by atoms with Crippen LogP contribution in [0.2, 0.25) is 5.02 Å². The summed E-state index contributed by atoms with van der Waals surface area (Å²) in [6.45, 7) is 7.08. The molecule has 1 amide bonds. The molecule has 0 spiro atoms. The lowest BCUT2D eigenvalue weighted by molar-refractivity contribution is -0.113. The Morgan fingerprint density at radius 3 is 2.42 bits per heavy atom. The van der Waals surface area contributed by atoms with E-state index < -0.39 is 11.6 Å². The standard InChI is InChI=1S/C25H25ClFN3O3/c1-14-12-30(15(2)11-29(14)13-17-4-6-18(27)7-5-17)25(33)20-8-19-21(24(32)16(3)31)10-28-23(19)9-22(20)26/h4-10,14-15,28H,11-13H2,1-3H3/t14-,15+/m0/s1. The topological polar surface area (TPSA) is 73.5 Å². The van der Waals surface area contributed by atoms with Crippen molar-refractivity contribution < 1.29 is 18.8 Å². The highest BCUT2D eigenvalue weighted by Crippen LogP contribution is 2.29. The Labute approximate surface area is 196 Å². The van der Waals surface area contributed by atoms with Gasteiger partial charge in [-0.2, -0.15) is 0 Å². The summed E-state index contributed by atoms with van der Waals surface area (Å²) in [6, 6.07) is 9.66. The Morgan fingerprint density at radius 2 is 1.76 bits per heavy atom. The first-order chi connectivity index (χ1) is 15.7. The molecular formula is C25H25ClFN3O3. The third-order valence-electron chi connectivity index (χ3n) is 6.24. The van der Waals surface area contributed by atoms with Gasteiger partial charge < -0.3 is 9.88 Å². The van der Waals surface area contributed by atoms with Gasteiger partial charge in [-0.05, 0) is 43.7 Å². The van der Waals surface area contributed by atoms with Crippen LogP contribution < -0.4 is 0 Å². The van der Waals surface area contributed by atoms with Gasteiger partial charge in [0.25, 0.3) is 5.91 Å². The maximum Gasteiger partial charge on any atom is 0.255 e. The van der Waals surface area contributed by atoms with Crippen LogP contribution in [0.1, 0.15) is 47.1 Å². The lowest BCUT2D eigenvalue weighted by atomic mass is 10.0. The number of Topliss-reactive ketones (excluding diaryl/α,β-unsaturated/α-hetero) is 2. The maximum atomic E-state index is 13.5. The van der Waals surface area contributed by atoms with E-state index in [0.717, 1.165) is 5.56 Å². The van der Waals surface area contributed by atoms with Crippen LogP contribution in [0.4, 0.5) is 4.39 Å². The molecule has 8 heteroatoms. The average Bonchev–Trinajstić information content (AvgIpc) is 3.18. The summed E-state index contributed by atoms with van der Waals surface area (Å²) < 4.78 is 13.2. The fourth-order valence-electron chi connectivity index (χ4n) is 4.37. The zero-order valence-electron chi connectivity index (χ0n) is 18.7. The molecule has 1 fully saturated rings. The second-order valence-corrected chi connectivity index (χ2v) is 9.08. The van der Waals surface area contributed by atoms with Crippen molar-refractivity contribution in [2.45, 2.75) is 39.4 Å². The number of hydrogen-bond acceptors (Lipinski definition) is 4. The summed E-state index contributed by atoms with van der Waals surface area (Å²) in [5, 5.41) is 0.781. The van der Waals surface area contributed by atoms with Crippen molar-refractivity contribution in [1.82, 2.24) is 14.8 Å². The number of nitrogens with zero attached hydrogens (tertiary/aromatic N) is 2. The number of piperazine rings is 1. The molecule has 0 radical (unpaired) electrons. The third-order valence-corrected chi connectivity index (χ3v) is 6.55. The first-order valence-corrected chi connectivity index (χ1v) is 11.2. The smallest absolute Gasteiger partial charge is 0.255 e. The number of H-pyrrole nitrogens is 1. The minimum Gasteiger partial charge on any atom is -0.360 e. The highest BCUT2D eigenvalue weighted by Gasteiger charge is 2.33. The number of carbonyl (C=O) groups excluding carboxylic acids is 3. The van der Waals surface area contributed by atoms with Gasteiger partial charge in [0.2, 0.25) is 5.78 Å². The zero-order chi connectivity index (χ0) is 23.9. The molecule has 2 atom stereocenters. The van der Waals surface area contributed by atoms with Crippen LogP contribution in [0, 0.1) is 5.82 Å². The summed E-state index contributed by atoms with van der Waals surface area (Å²) in [5.41, 5.74) is 2.13. The van der Waals surface area contributed by atoms with Gasteiger partial charge in [-0.15, -0.1) is 0 Å². The molecule has 0 aliphatic carbocycles. The predicted octanol–water partition coefficient (Wildman–Crippen LogP) is 4.47. The third kappa shape index (κ3) is 4.56. The van der Waals surface area contributed by atoms with Gasteiger partial charge in [0.05, 0.1) is 16.1 Å². The van der Waals surface area contributed by atoms with Crippen LogP contribution in [0.15, 0.2) is 42.6 Å². The van der Waals surface area contributed by atoms with Crippen molar-refractivity contribution in [3.63, 3.8) is 0 Å². The van der Waals surface area contributed by atoms with E-state index in [4.69, 9.17) is 11.6 Å². The van der Waals surface area contributed by atoms with Gasteiger partial charge in [0, 0.05) is 55.7 Å². The van der Waals surface area contributed by atoms with Crippen LogP contribution in [0.25, 0.3) is 10.9 Å². The molecule has 1 aliphatic rings. The Bertz CT molecular complexity index is 1240. The predicted molar refractivity (Wildman–Crippen MR) is 125 cm³/mol. The Kier molecular flexibility index (Phi) is 6.36. The van der Waals surface area contributed by atoms with Crippen molar-refractivity contribution in [3.05, 3.63) is 70.1 Å². The lowest BCUT2D eigenvalue weighted by Crippen LogP contribution is -2.57. The molecular weight excluding hydrogens is 445 g/mol. The average molecular weight is 470 g/mol. The van der Waals surface area contributed by atoms with Crippen molar-refractivity contribution in [2.75, 3.05) is 13.1 Å². The number of ketones is 2. The largest absolute Gasteiger partial charge is 0.360 e. The molecule has 6 nitrogen and oxygen atoms in total. The number of halogens is 2. The SMILES string of the molecule is CC(=O)C(=O)c1c[nH]c2cc(Cl)c(C(=O)N3C[C@H](C)N(Cc4ccc(F)cc4)C[C@H]3C)cc12. The van der Waals surface area contributed by atoms with Crippen LogP contribution >= 0.6 is 11.6 Å². The summed E-state index contributed by atoms with van der Waals surface area (Å²) in [7, 11) is 0. The Hall–Kier alpha value is -3.03. The molecule has 3 aromatic rings. The van der Waals surface area contributed by atoms with Crippen LogP contribution in [-0.4, -0.2) is 57.4 Å². The number of benzene rings is 2. The molecule has 2 heterocycles. The summed E-state index contributed by atoms with van der Waals surface area (Å²) >= 11 is 6.44. The quantitative estimate of drug-likeness (QED) is 0.442. The first-order valence-electron chi connectivity index (χ1n) is 10.8. The van der Waals surface area contributed by atoms with Gasteiger partial charge in [-0.25, -0.2) is 4.39 Å². The van der Waals surface area contributed by atoms with E-state index in [2.05, 4.69) is 16.8 Å². The van der Waals surface area contributed by atoms with Gasteiger partial charge in [0.1, 0.15) is 5.82 Å². The van der Waals surface area contributed by atoms with Gasteiger partial charge in [-0.1, -0.05) is 23.7 Å². The zero-order valence-corrected chi connectivity index (χ0v) is 19.4. The van der Waals surface area contributed by atoms with Crippen LogP contribution in [-0.2, 0) is 11.3 Å². The van der Waals surface area contributed by atoms with E-state index in [1.807, 2.05) is 6.92 Å². The molecule has 172 valence electrons. The molecule has 0 unspecified atom stereocenters. The Morgan fingerprint density at radius 1 is 1.06 bits per heavy atom. The molecule has 0 bridgehead atoms. The minimum atomic E-state index is -0.613. The maximum absolute atomic E-state index is 13.5. The van der Waals surface area contributed by atoms with E-state index in [0.29, 0.717) is 36.1 Å². The van der Waals surface area contributed by atoms with Crippen LogP contribution in [0.3, 0.4) is 0 Å². The fourth-order valence-corrected chi connectivity index (χ4v) is 4.61. The number of carbonyl (C=O) groups is 3. The molecule has 33 heavy (non-hydrogen) atoms. The number of nitrogens with one attached hydrogen (secondary N) is 1. The summed E-state index contributed by atoms with van der Waals surface area (Å²) in [6.07, 6.45) is 1.47. The molecule has 1 N–H and O–H groups in total. The second kappa shape index (κ2) is 9.08.